The lowest BCUT2D eigenvalue weighted by atomic mass is 9.86. The van der Waals surface area contributed by atoms with E-state index in [9.17, 15) is 14.7 Å². The van der Waals surface area contributed by atoms with Crippen LogP contribution in [0.2, 0.25) is 0 Å². The largest absolute Gasteiger partial charge is 0.481 e. The van der Waals surface area contributed by atoms with Gasteiger partial charge in [-0.05, 0) is 25.7 Å². The van der Waals surface area contributed by atoms with Crippen LogP contribution in [0.3, 0.4) is 0 Å². The van der Waals surface area contributed by atoms with Gasteiger partial charge in [-0.15, -0.1) is 0 Å². The second-order valence-electron chi connectivity index (χ2n) is 6.17. The van der Waals surface area contributed by atoms with Crippen molar-refractivity contribution in [3.63, 3.8) is 0 Å². The number of carbonyl (C=O) groups excluding carboxylic acids is 1. The zero-order valence-corrected chi connectivity index (χ0v) is 13.7. The molecule has 0 unspecified atom stereocenters. The van der Waals surface area contributed by atoms with Crippen LogP contribution >= 0.6 is 0 Å². The topological polar surface area (TPSA) is 69.6 Å². The van der Waals surface area contributed by atoms with Crippen LogP contribution in [-0.2, 0) is 4.79 Å². The molecule has 0 aliphatic heterocycles. The number of hydrogen-bond acceptors (Lipinski definition) is 2. The Kier molecular flexibility index (Phi) is 6.99. The average Bonchev–Trinajstić information content (AvgIpc) is 2.96. The predicted molar refractivity (Wildman–Crippen MR) is 83.3 cm³/mol. The first kappa shape index (κ1) is 17.8. The van der Waals surface area contributed by atoms with E-state index in [0.717, 1.165) is 32.2 Å². The van der Waals surface area contributed by atoms with Crippen LogP contribution in [0.15, 0.2) is 0 Å². The minimum absolute atomic E-state index is 0.128. The van der Waals surface area contributed by atoms with E-state index in [2.05, 4.69) is 19.2 Å². The van der Waals surface area contributed by atoms with Gasteiger partial charge in [-0.1, -0.05) is 39.5 Å². The Morgan fingerprint density at radius 3 is 2.19 bits per heavy atom. The summed E-state index contributed by atoms with van der Waals surface area (Å²) in [4.78, 5) is 25.6. The molecule has 5 nitrogen and oxygen atoms in total. The molecule has 0 atom stereocenters. The summed E-state index contributed by atoms with van der Waals surface area (Å²) >= 11 is 0. The molecule has 5 heteroatoms. The Bertz CT molecular complexity index is 347. The van der Waals surface area contributed by atoms with Crippen LogP contribution in [0.5, 0.6) is 0 Å². The SMILES string of the molecule is CCC(CC)CN(CC)C(=O)NCC1(C(=O)O)CCCC1. The lowest BCUT2D eigenvalue weighted by Crippen LogP contribution is -2.47. The minimum atomic E-state index is -0.775. The first-order valence-corrected chi connectivity index (χ1v) is 8.25. The summed E-state index contributed by atoms with van der Waals surface area (Å²) in [6.45, 7) is 7.89. The van der Waals surface area contributed by atoms with E-state index in [0.29, 0.717) is 25.3 Å². The molecule has 0 saturated heterocycles. The lowest BCUT2D eigenvalue weighted by molar-refractivity contribution is -0.148. The molecule has 0 heterocycles. The molecule has 21 heavy (non-hydrogen) atoms. The number of rotatable bonds is 8. The lowest BCUT2D eigenvalue weighted by Gasteiger charge is -2.29. The number of urea groups is 1. The smallest absolute Gasteiger partial charge is 0.317 e. The van der Waals surface area contributed by atoms with E-state index in [1.54, 1.807) is 4.90 Å². The second-order valence-corrected chi connectivity index (χ2v) is 6.17. The highest BCUT2D eigenvalue weighted by Crippen LogP contribution is 2.37. The van der Waals surface area contributed by atoms with Gasteiger partial charge in [-0.2, -0.15) is 0 Å². The number of nitrogens with one attached hydrogen (secondary N) is 1. The molecule has 1 fully saturated rings. The maximum Gasteiger partial charge on any atom is 0.317 e. The Morgan fingerprint density at radius 1 is 1.19 bits per heavy atom. The third-order valence-corrected chi connectivity index (χ3v) is 4.89. The van der Waals surface area contributed by atoms with Gasteiger partial charge in [-0.3, -0.25) is 4.79 Å². The second kappa shape index (κ2) is 8.25. The normalized spacial score (nSPS) is 17.0. The van der Waals surface area contributed by atoms with Gasteiger partial charge in [0.05, 0.1) is 5.41 Å². The fourth-order valence-electron chi connectivity index (χ4n) is 3.09. The van der Waals surface area contributed by atoms with E-state index in [-0.39, 0.29) is 12.6 Å². The molecule has 2 N–H and O–H groups in total. The van der Waals surface area contributed by atoms with Crippen molar-refractivity contribution < 1.29 is 14.7 Å². The van der Waals surface area contributed by atoms with E-state index in [1.165, 1.54) is 0 Å². The monoisotopic (exact) mass is 298 g/mol. The first-order valence-electron chi connectivity index (χ1n) is 8.25. The van der Waals surface area contributed by atoms with Gasteiger partial charge in [0.25, 0.3) is 0 Å². The molecule has 0 aromatic carbocycles. The van der Waals surface area contributed by atoms with Crippen molar-refractivity contribution in [1.29, 1.82) is 0 Å². The summed E-state index contributed by atoms with van der Waals surface area (Å²) in [5, 5.41) is 12.3. The Hall–Kier alpha value is -1.26. The summed E-state index contributed by atoms with van der Waals surface area (Å²) < 4.78 is 0. The van der Waals surface area contributed by atoms with Crippen molar-refractivity contribution >= 4 is 12.0 Å². The molecular formula is C16H30N2O3. The van der Waals surface area contributed by atoms with Crippen molar-refractivity contribution in [3.05, 3.63) is 0 Å². The van der Waals surface area contributed by atoms with Gasteiger partial charge in [0.2, 0.25) is 0 Å². The average molecular weight is 298 g/mol. The number of carbonyl (C=O) groups is 2. The van der Waals surface area contributed by atoms with Gasteiger partial charge < -0.3 is 15.3 Å². The molecule has 0 bridgehead atoms. The van der Waals surface area contributed by atoms with E-state index in [1.807, 2.05) is 6.92 Å². The maximum atomic E-state index is 12.3. The van der Waals surface area contributed by atoms with Gasteiger partial charge in [0.1, 0.15) is 0 Å². The van der Waals surface area contributed by atoms with Crippen LogP contribution in [-0.4, -0.2) is 41.6 Å². The Morgan fingerprint density at radius 2 is 1.76 bits per heavy atom. The van der Waals surface area contributed by atoms with Gasteiger partial charge in [-0.25, -0.2) is 4.79 Å². The predicted octanol–water partition coefficient (Wildman–Crippen LogP) is 3.10. The number of hydrogen-bond donors (Lipinski definition) is 2. The Balaban J connectivity index is 2.55. The van der Waals surface area contributed by atoms with Crippen molar-refractivity contribution in [2.75, 3.05) is 19.6 Å². The molecule has 122 valence electrons. The van der Waals surface area contributed by atoms with Crippen LogP contribution in [0.4, 0.5) is 4.79 Å². The fourth-order valence-corrected chi connectivity index (χ4v) is 3.09. The number of amides is 2. The third-order valence-electron chi connectivity index (χ3n) is 4.89. The molecular weight excluding hydrogens is 268 g/mol. The molecule has 0 radical (unpaired) electrons. The molecule has 1 rings (SSSR count). The van der Waals surface area contributed by atoms with Crippen molar-refractivity contribution in [3.8, 4) is 0 Å². The van der Waals surface area contributed by atoms with Gasteiger partial charge in [0.15, 0.2) is 0 Å². The summed E-state index contributed by atoms with van der Waals surface area (Å²) in [6, 6.07) is -0.128. The standard InChI is InChI=1S/C16H30N2O3/c1-4-13(5-2)11-18(6-3)15(21)17-12-16(14(19)20)9-7-8-10-16/h13H,4-12H2,1-3H3,(H,17,21)(H,19,20). The molecule has 1 aliphatic carbocycles. The molecule has 1 aliphatic rings. The van der Waals surface area contributed by atoms with Crippen LogP contribution < -0.4 is 5.32 Å². The Labute approximate surface area is 128 Å². The van der Waals surface area contributed by atoms with E-state index < -0.39 is 11.4 Å². The number of carboxylic acids is 1. The summed E-state index contributed by atoms with van der Waals surface area (Å²) in [5.74, 6) is -0.265. The van der Waals surface area contributed by atoms with Crippen molar-refractivity contribution in [2.24, 2.45) is 11.3 Å². The van der Waals surface area contributed by atoms with E-state index >= 15 is 0 Å². The summed E-state index contributed by atoms with van der Waals surface area (Å²) in [7, 11) is 0. The van der Waals surface area contributed by atoms with Crippen molar-refractivity contribution in [2.45, 2.75) is 59.3 Å². The number of nitrogens with zero attached hydrogens (tertiary/aromatic N) is 1. The highest BCUT2D eigenvalue weighted by Gasteiger charge is 2.41. The summed E-state index contributed by atoms with van der Waals surface area (Å²) in [6.07, 6.45) is 5.32. The first-order chi connectivity index (χ1) is 9.99. The maximum absolute atomic E-state index is 12.3. The van der Waals surface area contributed by atoms with Crippen molar-refractivity contribution in [1.82, 2.24) is 10.2 Å². The fraction of sp³-hybridized carbons (Fsp3) is 0.875. The molecule has 0 spiro atoms. The number of aliphatic carboxylic acids is 1. The third kappa shape index (κ3) is 4.61. The summed E-state index contributed by atoms with van der Waals surface area (Å²) in [5.41, 5.74) is -0.746. The molecule has 0 aromatic rings. The van der Waals surface area contributed by atoms with Crippen LogP contribution in [0, 0.1) is 11.3 Å². The quantitative estimate of drug-likeness (QED) is 0.723. The minimum Gasteiger partial charge on any atom is -0.481 e. The highest BCUT2D eigenvalue weighted by atomic mass is 16.4. The zero-order valence-electron chi connectivity index (χ0n) is 13.7. The van der Waals surface area contributed by atoms with Crippen LogP contribution in [0.1, 0.15) is 59.3 Å². The molecule has 1 saturated carbocycles. The van der Waals surface area contributed by atoms with Gasteiger partial charge >= 0.3 is 12.0 Å². The highest BCUT2D eigenvalue weighted by molar-refractivity contribution is 5.78. The molecule has 2 amide bonds. The zero-order chi connectivity index (χ0) is 15.9. The van der Waals surface area contributed by atoms with E-state index in [4.69, 9.17) is 0 Å². The molecule has 0 aromatic heterocycles. The van der Waals surface area contributed by atoms with Gasteiger partial charge in [0, 0.05) is 19.6 Å². The van der Waals surface area contributed by atoms with Crippen LogP contribution in [0.25, 0.3) is 0 Å². The number of carboxylic acid groups (broad SMARTS) is 1.